The molecule has 6 heteroatoms. The van der Waals surface area contributed by atoms with Crippen LogP contribution >= 0.6 is 11.6 Å². The second kappa shape index (κ2) is 10.2. The molecular formula is C19H26ClN3O2. The van der Waals surface area contributed by atoms with Gasteiger partial charge >= 0.3 is 0 Å². The zero-order valence-corrected chi connectivity index (χ0v) is 15.9. The molecule has 136 valence electrons. The first-order valence-corrected chi connectivity index (χ1v) is 9.06. The van der Waals surface area contributed by atoms with Gasteiger partial charge in [0.25, 0.3) is 0 Å². The van der Waals surface area contributed by atoms with E-state index < -0.39 is 0 Å². The largest absolute Gasteiger partial charge is 0.491 e. The molecule has 1 N–H and O–H groups in total. The lowest BCUT2D eigenvalue weighted by Crippen LogP contribution is -2.14. The van der Waals surface area contributed by atoms with Crippen molar-refractivity contribution >= 4 is 17.4 Å². The Bertz CT molecular complexity index is 680. The third-order valence-electron chi connectivity index (χ3n) is 3.86. The van der Waals surface area contributed by atoms with Gasteiger partial charge in [-0.1, -0.05) is 30.7 Å². The van der Waals surface area contributed by atoms with E-state index in [0.29, 0.717) is 24.0 Å². The van der Waals surface area contributed by atoms with Gasteiger partial charge in [-0.3, -0.25) is 0 Å². The Morgan fingerprint density at radius 3 is 2.76 bits per heavy atom. The molecule has 25 heavy (non-hydrogen) atoms. The minimum absolute atomic E-state index is 0.532. The van der Waals surface area contributed by atoms with Gasteiger partial charge < -0.3 is 14.8 Å². The highest BCUT2D eigenvalue weighted by Gasteiger charge is 2.06. The number of hydrogen-bond acceptors (Lipinski definition) is 5. The third kappa shape index (κ3) is 5.87. The van der Waals surface area contributed by atoms with Crippen molar-refractivity contribution < 1.29 is 9.47 Å². The molecule has 0 radical (unpaired) electrons. The van der Waals surface area contributed by atoms with Crippen molar-refractivity contribution in [3.8, 4) is 5.75 Å². The van der Waals surface area contributed by atoms with E-state index in [9.17, 15) is 0 Å². The van der Waals surface area contributed by atoms with Gasteiger partial charge in [0, 0.05) is 6.61 Å². The molecule has 0 unspecified atom stereocenters. The van der Waals surface area contributed by atoms with Crippen LogP contribution in [0.2, 0.25) is 5.02 Å². The molecule has 0 amide bonds. The predicted molar refractivity (Wildman–Crippen MR) is 102 cm³/mol. The number of nitrogens with one attached hydrogen (secondary N) is 1. The van der Waals surface area contributed by atoms with E-state index in [2.05, 4.69) is 34.3 Å². The lowest BCUT2D eigenvalue weighted by molar-refractivity contribution is 0.151. The van der Waals surface area contributed by atoms with E-state index in [1.54, 1.807) is 0 Å². The summed E-state index contributed by atoms with van der Waals surface area (Å²) in [4.78, 5) is 8.19. The quantitative estimate of drug-likeness (QED) is 0.645. The molecular weight excluding hydrogens is 338 g/mol. The van der Waals surface area contributed by atoms with Gasteiger partial charge in [0.15, 0.2) is 0 Å². The summed E-state index contributed by atoms with van der Waals surface area (Å²) in [6.45, 7) is 8.66. The van der Waals surface area contributed by atoms with Gasteiger partial charge in [-0.2, -0.15) is 0 Å². The van der Waals surface area contributed by atoms with Gasteiger partial charge in [-0.15, -0.1) is 0 Å². The summed E-state index contributed by atoms with van der Waals surface area (Å²) < 4.78 is 11.3. The Morgan fingerprint density at radius 2 is 2.00 bits per heavy atom. The molecule has 0 spiro atoms. The zero-order chi connectivity index (χ0) is 18.1. The van der Waals surface area contributed by atoms with Crippen LogP contribution in [0.15, 0.2) is 24.5 Å². The Kier molecular flexibility index (Phi) is 7.95. The van der Waals surface area contributed by atoms with Crippen LogP contribution in [0.25, 0.3) is 0 Å². The zero-order valence-electron chi connectivity index (χ0n) is 15.1. The van der Waals surface area contributed by atoms with E-state index in [4.69, 9.17) is 21.1 Å². The summed E-state index contributed by atoms with van der Waals surface area (Å²) in [6, 6.07) is 6.35. The summed E-state index contributed by atoms with van der Waals surface area (Å²) in [5, 5.41) is 3.73. The van der Waals surface area contributed by atoms with Crippen LogP contribution in [0.3, 0.4) is 0 Å². The Labute approximate surface area is 154 Å². The third-order valence-corrected chi connectivity index (χ3v) is 4.31. The van der Waals surface area contributed by atoms with Crippen molar-refractivity contribution in [1.29, 1.82) is 0 Å². The first-order valence-electron chi connectivity index (χ1n) is 8.69. The van der Waals surface area contributed by atoms with Gasteiger partial charge in [0.05, 0.1) is 18.8 Å². The minimum Gasteiger partial charge on any atom is -0.491 e. The van der Waals surface area contributed by atoms with Crippen LogP contribution in [0, 0.1) is 6.92 Å². The highest BCUT2D eigenvalue weighted by atomic mass is 35.5. The molecule has 2 rings (SSSR count). The summed E-state index contributed by atoms with van der Waals surface area (Å²) in [5.41, 5.74) is 3.25. The smallest absolute Gasteiger partial charge is 0.148 e. The number of benzene rings is 1. The second-order valence-corrected chi connectivity index (χ2v) is 6.02. The molecule has 1 heterocycles. The van der Waals surface area contributed by atoms with E-state index >= 15 is 0 Å². The first-order chi connectivity index (χ1) is 12.2. The van der Waals surface area contributed by atoms with Crippen LogP contribution in [0.1, 0.15) is 30.7 Å². The molecule has 0 aliphatic heterocycles. The maximum atomic E-state index is 6.17. The lowest BCUT2D eigenvalue weighted by atomic mass is 10.1. The van der Waals surface area contributed by atoms with Gasteiger partial charge in [-0.05, 0) is 43.9 Å². The molecule has 0 fully saturated rings. The molecule has 1 aromatic carbocycles. The lowest BCUT2D eigenvalue weighted by Gasteiger charge is -2.13. The number of halogens is 1. The molecule has 1 aromatic heterocycles. The van der Waals surface area contributed by atoms with E-state index in [1.807, 2.05) is 19.9 Å². The summed E-state index contributed by atoms with van der Waals surface area (Å²) in [5.74, 6) is 1.56. The van der Waals surface area contributed by atoms with Gasteiger partial charge in [0.1, 0.15) is 29.5 Å². The number of aryl methyl sites for hydroxylation is 2. The maximum absolute atomic E-state index is 6.17. The summed E-state index contributed by atoms with van der Waals surface area (Å²) in [6.07, 6.45) is 3.36. The topological polar surface area (TPSA) is 56.3 Å². The summed E-state index contributed by atoms with van der Waals surface area (Å²) in [7, 11) is 0. The second-order valence-electron chi connectivity index (χ2n) is 5.64. The summed E-state index contributed by atoms with van der Waals surface area (Å²) >= 11 is 6.17. The number of hydrogen-bond donors (Lipinski definition) is 1. The monoisotopic (exact) mass is 363 g/mol. The van der Waals surface area contributed by atoms with Crippen LogP contribution in [0.5, 0.6) is 5.75 Å². The van der Waals surface area contributed by atoms with Crippen LogP contribution in [-0.2, 0) is 17.6 Å². The minimum atomic E-state index is 0.532. The standard InChI is InChI=1S/C19H26ClN3O2/c1-4-16-12-15(8-10-24-5-2)6-7-17(16)25-11-9-21-19-18(20)14(3)22-13-23-19/h6-7,12-13H,4-5,8-11H2,1-3H3,(H,21,22,23). The molecule has 0 aliphatic carbocycles. The van der Waals surface area contributed by atoms with Crippen molar-refractivity contribution in [1.82, 2.24) is 9.97 Å². The van der Waals surface area contributed by atoms with E-state index in [0.717, 1.165) is 37.5 Å². The maximum Gasteiger partial charge on any atom is 0.148 e. The number of aromatic nitrogens is 2. The molecule has 0 bridgehead atoms. The molecule has 0 atom stereocenters. The van der Waals surface area contributed by atoms with Crippen molar-refractivity contribution in [2.45, 2.75) is 33.6 Å². The van der Waals surface area contributed by atoms with Gasteiger partial charge in [0.2, 0.25) is 0 Å². The fraction of sp³-hybridized carbons (Fsp3) is 0.474. The number of nitrogens with zero attached hydrogens (tertiary/aromatic N) is 2. The van der Waals surface area contributed by atoms with E-state index in [-0.39, 0.29) is 0 Å². The predicted octanol–water partition coefficient (Wildman–Crippen LogP) is 4.07. The Balaban J connectivity index is 1.86. The SMILES string of the molecule is CCOCCc1ccc(OCCNc2ncnc(C)c2Cl)c(CC)c1. The van der Waals surface area contributed by atoms with E-state index in [1.165, 1.54) is 17.5 Å². The Hall–Kier alpha value is -1.85. The average molecular weight is 364 g/mol. The first kappa shape index (κ1) is 19.5. The van der Waals surface area contributed by atoms with Crippen LogP contribution < -0.4 is 10.1 Å². The molecule has 2 aromatic rings. The number of ether oxygens (including phenoxy) is 2. The highest BCUT2D eigenvalue weighted by Crippen LogP contribution is 2.22. The van der Waals surface area contributed by atoms with Crippen molar-refractivity contribution in [3.05, 3.63) is 46.4 Å². The van der Waals surface area contributed by atoms with Crippen molar-refractivity contribution in [2.24, 2.45) is 0 Å². The van der Waals surface area contributed by atoms with Crippen molar-refractivity contribution in [3.63, 3.8) is 0 Å². The normalized spacial score (nSPS) is 10.7. The molecule has 0 aliphatic rings. The van der Waals surface area contributed by atoms with Crippen LogP contribution in [0.4, 0.5) is 5.82 Å². The average Bonchev–Trinajstić information content (AvgIpc) is 2.63. The van der Waals surface area contributed by atoms with Gasteiger partial charge in [-0.25, -0.2) is 9.97 Å². The fourth-order valence-electron chi connectivity index (χ4n) is 2.45. The molecule has 0 saturated carbocycles. The number of anilines is 1. The Morgan fingerprint density at radius 1 is 1.16 bits per heavy atom. The number of rotatable bonds is 10. The van der Waals surface area contributed by atoms with Crippen LogP contribution in [-0.4, -0.2) is 36.3 Å². The highest BCUT2D eigenvalue weighted by molar-refractivity contribution is 6.33. The van der Waals surface area contributed by atoms with Crippen molar-refractivity contribution in [2.75, 3.05) is 31.7 Å². The molecule has 0 saturated heterocycles. The fourth-order valence-corrected chi connectivity index (χ4v) is 2.62. The molecule has 5 nitrogen and oxygen atoms in total.